The predicted octanol–water partition coefficient (Wildman–Crippen LogP) is 1.31. The smallest absolute Gasteiger partial charge is 0.305 e. The molecule has 1 atom stereocenters. The van der Waals surface area contributed by atoms with Gasteiger partial charge in [-0.3, -0.25) is 14.4 Å². The van der Waals surface area contributed by atoms with Gasteiger partial charge >= 0.3 is 5.97 Å². The predicted molar refractivity (Wildman–Crippen MR) is 77.8 cm³/mol. The van der Waals surface area contributed by atoms with E-state index in [1.165, 1.54) is 6.92 Å². The quantitative estimate of drug-likeness (QED) is 0.706. The zero-order chi connectivity index (χ0) is 15.8. The Hall–Kier alpha value is -2.37. The molecule has 0 spiro atoms. The molecule has 1 unspecified atom stereocenters. The summed E-state index contributed by atoms with van der Waals surface area (Å²) in [7, 11) is 0. The van der Waals surface area contributed by atoms with Gasteiger partial charge in [0.05, 0.1) is 6.42 Å². The molecule has 0 aliphatic rings. The first-order valence-corrected chi connectivity index (χ1v) is 6.78. The maximum absolute atomic E-state index is 12.0. The zero-order valence-corrected chi connectivity index (χ0v) is 12.2. The number of benzene rings is 1. The van der Waals surface area contributed by atoms with Gasteiger partial charge in [-0.2, -0.15) is 0 Å². The Balaban J connectivity index is 2.61. The third kappa shape index (κ3) is 6.07. The van der Waals surface area contributed by atoms with E-state index in [0.717, 1.165) is 5.56 Å². The summed E-state index contributed by atoms with van der Waals surface area (Å²) in [5.74, 6) is -1.35. The first kappa shape index (κ1) is 16.7. The average molecular weight is 292 g/mol. The van der Waals surface area contributed by atoms with E-state index in [1.54, 1.807) is 24.3 Å². The number of hydrogen-bond acceptors (Lipinski definition) is 3. The fourth-order valence-corrected chi connectivity index (χ4v) is 1.78. The molecule has 114 valence electrons. The fourth-order valence-electron chi connectivity index (χ4n) is 1.78. The number of carbonyl (C=O) groups excluding carboxylic acids is 2. The van der Waals surface area contributed by atoms with Gasteiger partial charge in [-0.1, -0.05) is 19.1 Å². The van der Waals surface area contributed by atoms with Crippen LogP contribution in [0.4, 0.5) is 0 Å². The van der Waals surface area contributed by atoms with Crippen LogP contribution in [0.15, 0.2) is 24.3 Å². The second-order valence-electron chi connectivity index (χ2n) is 4.78. The van der Waals surface area contributed by atoms with Gasteiger partial charge in [0.2, 0.25) is 5.91 Å². The van der Waals surface area contributed by atoms with Crippen LogP contribution in [-0.2, 0) is 16.1 Å². The molecule has 2 amide bonds. The van der Waals surface area contributed by atoms with Crippen LogP contribution in [0.2, 0.25) is 0 Å². The SMILES string of the molecule is CCC(CC(=O)O)NC(=O)c1ccc(CNC(C)=O)cc1. The molecule has 3 N–H and O–H groups in total. The van der Waals surface area contributed by atoms with Crippen molar-refractivity contribution in [2.24, 2.45) is 0 Å². The van der Waals surface area contributed by atoms with Crippen LogP contribution in [-0.4, -0.2) is 28.9 Å². The molecule has 6 nitrogen and oxygen atoms in total. The van der Waals surface area contributed by atoms with Gasteiger partial charge in [0.25, 0.3) is 5.91 Å². The molecule has 6 heteroatoms. The van der Waals surface area contributed by atoms with Gasteiger partial charge in [0.15, 0.2) is 0 Å². The molecule has 0 aromatic heterocycles. The second kappa shape index (κ2) is 8.04. The number of carboxylic acids is 1. The first-order chi connectivity index (χ1) is 9.92. The van der Waals surface area contributed by atoms with E-state index in [2.05, 4.69) is 10.6 Å². The monoisotopic (exact) mass is 292 g/mol. The minimum absolute atomic E-state index is 0.0944. The van der Waals surface area contributed by atoms with E-state index >= 15 is 0 Å². The lowest BCUT2D eigenvalue weighted by Crippen LogP contribution is -2.36. The van der Waals surface area contributed by atoms with Crippen molar-refractivity contribution in [1.29, 1.82) is 0 Å². The van der Waals surface area contributed by atoms with Crippen LogP contribution in [0.25, 0.3) is 0 Å². The van der Waals surface area contributed by atoms with Crippen molar-refractivity contribution in [3.63, 3.8) is 0 Å². The van der Waals surface area contributed by atoms with Crippen molar-refractivity contribution < 1.29 is 19.5 Å². The van der Waals surface area contributed by atoms with Crippen LogP contribution in [0, 0.1) is 0 Å². The zero-order valence-electron chi connectivity index (χ0n) is 12.2. The minimum atomic E-state index is -0.937. The van der Waals surface area contributed by atoms with Gasteiger partial charge in [0.1, 0.15) is 0 Å². The van der Waals surface area contributed by atoms with Crippen molar-refractivity contribution in [3.8, 4) is 0 Å². The molecule has 0 saturated heterocycles. The molecule has 1 aromatic carbocycles. The second-order valence-corrected chi connectivity index (χ2v) is 4.78. The summed E-state index contributed by atoms with van der Waals surface area (Å²) in [5, 5.41) is 14.1. The minimum Gasteiger partial charge on any atom is -0.481 e. The number of aliphatic carboxylic acids is 1. The fraction of sp³-hybridized carbons (Fsp3) is 0.400. The normalized spacial score (nSPS) is 11.5. The molecule has 21 heavy (non-hydrogen) atoms. The molecule has 0 bridgehead atoms. The van der Waals surface area contributed by atoms with E-state index in [1.807, 2.05) is 6.92 Å². The molecular weight excluding hydrogens is 272 g/mol. The standard InChI is InChI=1S/C15H20N2O4/c1-3-13(8-14(19)20)17-15(21)12-6-4-11(5-7-12)9-16-10(2)18/h4-7,13H,3,8-9H2,1-2H3,(H,16,18)(H,17,21)(H,19,20). The van der Waals surface area contributed by atoms with Crippen LogP contribution in [0.3, 0.4) is 0 Å². The Morgan fingerprint density at radius 1 is 1.19 bits per heavy atom. The molecule has 0 fully saturated rings. The van der Waals surface area contributed by atoms with E-state index < -0.39 is 5.97 Å². The highest BCUT2D eigenvalue weighted by Crippen LogP contribution is 2.06. The number of carbonyl (C=O) groups is 3. The van der Waals surface area contributed by atoms with Crippen molar-refractivity contribution in [2.75, 3.05) is 0 Å². The number of rotatable bonds is 7. The highest BCUT2D eigenvalue weighted by molar-refractivity contribution is 5.94. The lowest BCUT2D eigenvalue weighted by atomic mass is 10.1. The Morgan fingerprint density at radius 2 is 1.81 bits per heavy atom. The Kier molecular flexibility index (Phi) is 6.39. The van der Waals surface area contributed by atoms with Crippen LogP contribution < -0.4 is 10.6 Å². The highest BCUT2D eigenvalue weighted by atomic mass is 16.4. The van der Waals surface area contributed by atoms with Crippen molar-refractivity contribution in [2.45, 2.75) is 39.3 Å². The highest BCUT2D eigenvalue weighted by Gasteiger charge is 2.15. The van der Waals surface area contributed by atoms with Crippen molar-refractivity contribution in [3.05, 3.63) is 35.4 Å². The molecule has 1 aromatic rings. The Labute approximate surface area is 123 Å². The molecule has 1 rings (SSSR count). The molecule has 0 saturated carbocycles. The maximum atomic E-state index is 12.0. The Bertz CT molecular complexity index is 511. The van der Waals surface area contributed by atoms with Gasteiger partial charge in [-0.15, -0.1) is 0 Å². The average Bonchev–Trinajstić information content (AvgIpc) is 2.44. The molecule has 0 radical (unpaired) electrons. The Morgan fingerprint density at radius 3 is 2.29 bits per heavy atom. The molecular formula is C15H20N2O4. The number of hydrogen-bond donors (Lipinski definition) is 3. The number of carboxylic acid groups (broad SMARTS) is 1. The molecule has 0 aliphatic carbocycles. The van der Waals surface area contributed by atoms with Crippen molar-refractivity contribution >= 4 is 17.8 Å². The van der Waals surface area contributed by atoms with Gasteiger partial charge < -0.3 is 15.7 Å². The van der Waals surface area contributed by atoms with E-state index in [4.69, 9.17) is 5.11 Å². The molecule has 0 heterocycles. The van der Waals surface area contributed by atoms with E-state index in [0.29, 0.717) is 18.5 Å². The summed E-state index contributed by atoms with van der Waals surface area (Å²) in [5.41, 5.74) is 1.35. The van der Waals surface area contributed by atoms with E-state index in [9.17, 15) is 14.4 Å². The van der Waals surface area contributed by atoms with Crippen molar-refractivity contribution in [1.82, 2.24) is 10.6 Å². The number of amides is 2. The van der Waals surface area contributed by atoms with E-state index in [-0.39, 0.29) is 24.3 Å². The lowest BCUT2D eigenvalue weighted by molar-refractivity contribution is -0.137. The number of nitrogens with one attached hydrogen (secondary N) is 2. The summed E-state index contributed by atoms with van der Waals surface area (Å²) >= 11 is 0. The van der Waals surface area contributed by atoms with Gasteiger partial charge in [0, 0.05) is 25.1 Å². The van der Waals surface area contributed by atoms with Crippen LogP contribution >= 0.6 is 0 Å². The van der Waals surface area contributed by atoms with Crippen LogP contribution in [0.1, 0.15) is 42.6 Å². The summed E-state index contributed by atoms with van der Waals surface area (Å²) in [6, 6.07) is 6.43. The summed E-state index contributed by atoms with van der Waals surface area (Å²) in [6.07, 6.45) is 0.460. The summed E-state index contributed by atoms with van der Waals surface area (Å²) in [4.78, 5) is 33.5. The molecule has 0 aliphatic heterocycles. The van der Waals surface area contributed by atoms with Gasteiger partial charge in [-0.05, 0) is 24.1 Å². The topological polar surface area (TPSA) is 95.5 Å². The maximum Gasteiger partial charge on any atom is 0.305 e. The third-order valence-electron chi connectivity index (χ3n) is 3.01. The third-order valence-corrected chi connectivity index (χ3v) is 3.01. The summed E-state index contributed by atoms with van der Waals surface area (Å²) in [6.45, 7) is 3.67. The van der Waals surface area contributed by atoms with Crippen LogP contribution in [0.5, 0.6) is 0 Å². The lowest BCUT2D eigenvalue weighted by Gasteiger charge is -2.15. The largest absolute Gasteiger partial charge is 0.481 e. The summed E-state index contributed by atoms with van der Waals surface area (Å²) < 4.78 is 0. The first-order valence-electron chi connectivity index (χ1n) is 6.78. The van der Waals surface area contributed by atoms with Gasteiger partial charge in [-0.25, -0.2) is 0 Å².